The molecule has 25 heavy (non-hydrogen) atoms. The molecule has 0 spiro atoms. The van der Waals surface area contributed by atoms with Crippen molar-refractivity contribution >= 4 is 35.3 Å². The van der Waals surface area contributed by atoms with E-state index in [1.807, 2.05) is 35.7 Å². The summed E-state index contributed by atoms with van der Waals surface area (Å²) in [5, 5.41) is 5.88. The zero-order valence-electron chi connectivity index (χ0n) is 14.5. The van der Waals surface area contributed by atoms with Crippen LogP contribution in [0.25, 0.3) is 0 Å². The molecule has 2 fully saturated rings. The number of rotatable bonds is 6. The maximum Gasteiger partial charge on any atom is 0.251 e. The lowest BCUT2D eigenvalue weighted by Crippen LogP contribution is -2.35. The zero-order valence-corrected chi connectivity index (χ0v) is 16.1. The van der Waals surface area contributed by atoms with Gasteiger partial charge in [-0.05, 0) is 48.5 Å². The summed E-state index contributed by atoms with van der Waals surface area (Å²) < 4.78 is 0.491. The molecule has 0 radical (unpaired) electrons. The normalized spacial score (nSPS) is 18.9. The van der Waals surface area contributed by atoms with Crippen molar-refractivity contribution in [3.63, 3.8) is 0 Å². The summed E-state index contributed by atoms with van der Waals surface area (Å²) in [6.07, 6.45) is 6.20. The molecule has 1 saturated carbocycles. The molecule has 6 heteroatoms. The van der Waals surface area contributed by atoms with Crippen molar-refractivity contribution in [2.75, 3.05) is 18.1 Å². The largest absolute Gasteiger partial charge is 0.353 e. The van der Waals surface area contributed by atoms with Crippen LogP contribution in [-0.4, -0.2) is 35.9 Å². The Balaban J connectivity index is 1.40. The van der Waals surface area contributed by atoms with E-state index in [0.29, 0.717) is 29.2 Å². The van der Waals surface area contributed by atoms with Crippen LogP contribution >= 0.6 is 23.5 Å². The number of amides is 2. The highest BCUT2D eigenvalue weighted by Crippen LogP contribution is 2.43. The highest BCUT2D eigenvalue weighted by molar-refractivity contribution is 8.16. The van der Waals surface area contributed by atoms with Crippen molar-refractivity contribution in [2.45, 2.75) is 49.1 Å². The molecule has 1 aromatic rings. The first-order valence-corrected chi connectivity index (χ1v) is 11.2. The summed E-state index contributed by atoms with van der Waals surface area (Å²) in [6, 6.07) is 8.22. The van der Waals surface area contributed by atoms with Crippen molar-refractivity contribution in [1.82, 2.24) is 10.6 Å². The van der Waals surface area contributed by atoms with E-state index in [-0.39, 0.29) is 11.8 Å². The molecule has 1 aliphatic carbocycles. The molecule has 2 N–H and O–H groups in total. The van der Waals surface area contributed by atoms with Gasteiger partial charge in [-0.25, -0.2) is 0 Å². The number of benzene rings is 1. The van der Waals surface area contributed by atoms with Gasteiger partial charge < -0.3 is 10.6 Å². The fraction of sp³-hybridized carbons (Fsp3) is 0.579. The predicted octanol–water partition coefficient (Wildman–Crippen LogP) is 3.73. The molecule has 2 amide bonds. The Morgan fingerprint density at radius 3 is 2.36 bits per heavy atom. The van der Waals surface area contributed by atoms with E-state index in [1.54, 1.807) is 0 Å². The second-order valence-electron chi connectivity index (χ2n) is 6.60. The summed E-state index contributed by atoms with van der Waals surface area (Å²) in [4.78, 5) is 24.1. The van der Waals surface area contributed by atoms with E-state index in [1.165, 1.54) is 36.3 Å². The van der Waals surface area contributed by atoms with Gasteiger partial charge >= 0.3 is 0 Å². The van der Waals surface area contributed by atoms with Gasteiger partial charge in [0.2, 0.25) is 5.91 Å². The second kappa shape index (κ2) is 9.53. The van der Waals surface area contributed by atoms with E-state index in [2.05, 4.69) is 22.8 Å². The van der Waals surface area contributed by atoms with Gasteiger partial charge in [-0.3, -0.25) is 9.59 Å². The topological polar surface area (TPSA) is 58.2 Å². The molecule has 0 atom stereocenters. The minimum absolute atomic E-state index is 0.0360. The smallest absolute Gasteiger partial charge is 0.251 e. The van der Waals surface area contributed by atoms with Gasteiger partial charge in [-0.2, -0.15) is 0 Å². The fourth-order valence-electron chi connectivity index (χ4n) is 3.23. The van der Waals surface area contributed by atoms with Gasteiger partial charge in [0.25, 0.3) is 5.91 Å². The van der Waals surface area contributed by atoms with Crippen LogP contribution in [0.5, 0.6) is 0 Å². The van der Waals surface area contributed by atoms with Crippen LogP contribution in [0, 0.1) is 0 Å². The molecule has 1 aliphatic heterocycles. The summed E-state index contributed by atoms with van der Waals surface area (Å²) in [6.45, 7) is 0.382. The van der Waals surface area contributed by atoms with Gasteiger partial charge in [-0.15, -0.1) is 23.5 Å². The third-order valence-corrected chi connectivity index (χ3v) is 7.65. The minimum atomic E-state index is -0.107. The average molecular weight is 379 g/mol. The van der Waals surface area contributed by atoms with Crippen LogP contribution in [0.3, 0.4) is 0 Å². The number of nitrogens with one attached hydrogen (secondary N) is 2. The Labute approximate surface area is 158 Å². The molecule has 1 aromatic carbocycles. The van der Waals surface area contributed by atoms with E-state index < -0.39 is 0 Å². The molecule has 4 nitrogen and oxygen atoms in total. The van der Waals surface area contributed by atoms with Crippen LogP contribution in [0.4, 0.5) is 0 Å². The quantitative estimate of drug-likeness (QED) is 0.792. The summed E-state index contributed by atoms with van der Waals surface area (Å²) in [5.41, 5.74) is 1.94. The number of carbonyl (C=O) groups is 2. The molecule has 0 bridgehead atoms. The highest BCUT2D eigenvalue weighted by Gasteiger charge is 2.18. The molecule has 1 heterocycles. The van der Waals surface area contributed by atoms with Crippen LogP contribution in [-0.2, 0) is 4.79 Å². The number of hydrogen-bond acceptors (Lipinski definition) is 4. The predicted molar refractivity (Wildman–Crippen MR) is 106 cm³/mol. The lowest BCUT2D eigenvalue weighted by Gasteiger charge is -2.21. The monoisotopic (exact) mass is 378 g/mol. The van der Waals surface area contributed by atoms with Crippen molar-refractivity contribution in [1.29, 1.82) is 0 Å². The maximum atomic E-state index is 12.2. The summed E-state index contributed by atoms with van der Waals surface area (Å²) >= 11 is 3.96. The lowest BCUT2D eigenvalue weighted by atomic mass is 10.1. The molecular weight excluding hydrogens is 352 g/mol. The molecule has 0 unspecified atom stereocenters. The Morgan fingerprint density at radius 1 is 1.00 bits per heavy atom. The standard InChI is InChI=1S/C19H26N2O2S2/c22-17(21-16-4-1-2-5-16)10-11-20-18(23)14-6-8-15(9-7-14)19-24-12-3-13-25-19/h6-9,16,19H,1-5,10-13H2,(H,20,23)(H,21,22). The number of hydrogen-bond donors (Lipinski definition) is 2. The van der Waals surface area contributed by atoms with E-state index in [0.717, 1.165) is 12.8 Å². The zero-order chi connectivity index (χ0) is 17.5. The highest BCUT2D eigenvalue weighted by atomic mass is 32.2. The maximum absolute atomic E-state index is 12.2. The van der Waals surface area contributed by atoms with Crippen molar-refractivity contribution in [3.05, 3.63) is 35.4 Å². The van der Waals surface area contributed by atoms with Gasteiger partial charge in [-0.1, -0.05) is 25.0 Å². The molecular formula is C19H26N2O2S2. The molecule has 0 aromatic heterocycles. The third kappa shape index (κ3) is 5.68. The van der Waals surface area contributed by atoms with E-state index in [4.69, 9.17) is 0 Å². The third-order valence-electron chi connectivity index (χ3n) is 4.63. The van der Waals surface area contributed by atoms with Crippen LogP contribution in [0.2, 0.25) is 0 Å². The molecule has 136 valence electrons. The molecule has 3 rings (SSSR count). The average Bonchev–Trinajstić information content (AvgIpc) is 3.15. The number of carbonyl (C=O) groups excluding carboxylic acids is 2. The first-order chi connectivity index (χ1) is 12.2. The van der Waals surface area contributed by atoms with Gasteiger partial charge in [0.1, 0.15) is 0 Å². The van der Waals surface area contributed by atoms with Crippen LogP contribution in [0.15, 0.2) is 24.3 Å². The Morgan fingerprint density at radius 2 is 1.68 bits per heavy atom. The Kier molecular flexibility index (Phi) is 7.11. The van der Waals surface area contributed by atoms with Gasteiger partial charge in [0.15, 0.2) is 0 Å². The second-order valence-corrected chi connectivity index (χ2v) is 9.33. The van der Waals surface area contributed by atoms with E-state index >= 15 is 0 Å². The SMILES string of the molecule is O=C(CCNC(=O)c1ccc(C2SCCCS2)cc1)NC1CCCC1. The fourth-order valence-corrected chi connectivity index (χ4v) is 6.13. The van der Waals surface area contributed by atoms with Gasteiger partial charge in [0, 0.05) is 24.6 Å². The van der Waals surface area contributed by atoms with Crippen molar-refractivity contribution in [3.8, 4) is 0 Å². The van der Waals surface area contributed by atoms with Crippen molar-refractivity contribution in [2.24, 2.45) is 0 Å². The number of thioether (sulfide) groups is 2. The Bertz CT molecular complexity index is 580. The minimum Gasteiger partial charge on any atom is -0.353 e. The molecule has 2 aliphatic rings. The van der Waals surface area contributed by atoms with Crippen LogP contribution in [0.1, 0.15) is 59.0 Å². The van der Waals surface area contributed by atoms with Gasteiger partial charge in [0.05, 0.1) is 4.58 Å². The lowest BCUT2D eigenvalue weighted by molar-refractivity contribution is -0.121. The van der Waals surface area contributed by atoms with E-state index in [9.17, 15) is 9.59 Å². The van der Waals surface area contributed by atoms with Crippen LogP contribution < -0.4 is 10.6 Å². The first kappa shape index (κ1) is 18.6. The first-order valence-electron chi connectivity index (χ1n) is 9.13. The summed E-state index contributed by atoms with van der Waals surface area (Å²) in [5.74, 6) is 2.35. The summed E-state index contributed by atoms with van der Waals surface area (Å²) in [7, 11) is 0. The van der Waals surface area contributed by atoms with Crippen molar-refractivity contribution < 1.29 is 9.59 Å². The Hall–Kier alpha value is -1.14. The molecule has 1 saturated heterocycles.